The lowest BCUT2D eigenvalue weighted by Crippen LogP contribution is -2.46. The fraction of sp³-hybridized carbons (Fsp3) is 0.417. The molecule has 3 unspecified atom stereocenters. The summed E-state index contributed by atoms with van der Waals surface area (Å²) in [5, 5.41) is 2.57. The van der Waals surface area contributed by atoms with Crippen LogP contribution < -0.4 is 5.32 Å². The highest BCUT2D eigenvalue weighted by Crippen LogP contribution is 2.32. The molecule has 3 rings (SSSR count). The van der Waals surface area contributed by atoms with E-state index in [1.54, 1.807) is 0 Å². The minimum Gasteiger partial charge on any atom is -0.342 e. The first-order chi connectivity index (χ1) is 16.4. The maximum atomic E-state index is 15.0. The normalized spacial score (nSPS) is 19.4. The standard InChI is InChI=1S/C24H26ClF3N2O4S/c1-14(15(2)31)29-24(32)19-12-7-16(22(27)23(19)28)13-30(21-6-4-3-5-20(21)26)35(33,34)18-10-8-17(25)9-11-18/h7-12,14,20-21H,3-6,13H2,1-2H3,(H,29,32). The Morgan fingerprint density at radius 2 is 1.71 bits per heavy atom. The Bertz CT molecular complexity index is 1210. The van der Waals surface area contributed by atoms with E-state index in [0.29, 0.717) is 17.9 Å². The lowest BCUT2D eigenvalue weighted by Gasteiger charge is -2.35. The zero-order valence-corrected chi connectivity index (χ0v) is 20.8. The van der Waals surface area contributed by atoms with E-state index < -0.39 is 57.9 Å². The first kappa shape index (κ1) is 27.2. The fourth-order valence-corrected chi connectivity index (χ4v) is 5.72. The van der Waals surface area contributed by atoms with Crippen LogP contribution in [0, 0.1) is 11.6 Å². The van der Waals surface area contributed by atoms with Gasteiger partial charge in [0, 0.05) is 17.1 Å². The number of Topliss-reactive ketones (excluding diaryl/α,β-unsaturated/α-hetero) is 1. The number of alkyl halides is 1. The van der Waals surface area contributed by atoms with Gasteiger partial charge in [-0.3, -0.25) is 9.59 Å². The van der Waals surface area contributed by atoms with Crippen molar-refractivity contribution in [2.45, 2.75) is 69.2 Å². The zero-order chi connectivity index (χ0) is 25.9. The van der Waals surface area contributed by atoms with E-state index in [-0.39, 0.29) is 29.1 Å². The summed E-state index contributed by atoms with van der Waals surface area (Å²) in [6, 6.07) is 5.40. The minimum absolute atomic E-state index is 0.154. The third kappa shape index (κ3) is 6.05. The molecule has 3 atom stereocenters. The molecular formula is C24H26ClF3N2O4S. The Morgan fingerprint density at radius 1 is 1.09 bits per heavy atom. The van der Waals surface area contributed by atoms with E-state index in [0.717, 1.165) is 16.4 Å². The van der Waals surface area contributed by atoms with Gasteiger partial charge in [0.15, 0.2) is 17.4 Å². The topological polar surface area (TPSA) is 83.6 Å². The van der Waals surface area contributed by atoms with E-state index in [9.17, 15) is 26.8 Å². The number of carbonyl (C=O) groups excluding carboxylic acids is 2. The molecule has 0 heterocycles. The van der Waals surface area contributed by atoms with Crippen molar-refractivity contribution in [1.82, 2.24) is 9.62 Å². The highest BCUT2D eigenvalue weighted by Gasteiger charge is 2.38. The van der Waals surface area contributed by atoms with Crippen molar-refractivity contribution in [3.63, 3.8) is 0 Å². The summed E-state index contributed by atoms with van der Waals surface area (Å²) >= 11 is 5.86. The van der Waals surface area contributed by atoms with Gasteiger partial charge in [0.1, 0.15) is 6.17 Å². The first-order valence-electron chi connectivity index (χ1n) is 11.1. The number of rotatable bonds is 8. The van der Waals surface area contributed by atoms with Gasteiger partial charge >= 0.3 is 0 Å². The average molecular weight is 531 g/mol. The van der Waals surface area contributed by atoms with E-state index in [1.807, 2.05) is 0 Å². The van der Waals surface area contributed by atoms with Crippen LogP contribution in [0.2, 0.25) is 5.02 Å². The molecule has 2 aromatic carbocycles. The predicted octanol–water partition coefficient (Wildman–Crippen LogP) is 4.80. The van der Waals surface area contributed by atoms with Gasteiger partial charge in [0.05, 0.1) is 22.5 Å². The molecule has 0 aromatic heterocycles. The molecule has 0 spiro atoms. The van der Waals surface area contributed by atoms with E-state index in [1.165, 1.54) is 38.1 Å². The van der Waals surface area contributed by atoms with Crippen molar-refractivity contribution in [2.75, 3.05) is 0 Å². The molecule has 35 heavy (non-hydrogen) atoms. The number of amides is 1. The lowest BCUT2D eigenvalue weighted by atomic mass is 9.93. The van der Waals surface area contributed by atoms with Gasteiger partial charge < -0.3 is 5.32 Å². The molecule has 1 amide bonds. The third-order valence-electron chi connectivity index (χ3n) is 6.13. The van der Waals surface area contributed by atoms with Gasteiger partial charge in [-0.25, -0.2) is 21.6 Å². The van der Waals surface area contributed by atoms with Crippen LogP contribution >= 0.6 is 11.6 Å². The van der Waals surface area contributed by atoms with Crippen LogP contribution in [0.1, 0.15) is 55.5 Å². The molecule has 6 nitrogen and oxygen atoms in total. The van der Waals surface area contributed by atoms with Crippen molar-refractivity contribution < 1.29 is 31.2 Å². The monoisotopic (exact) mass is 530 g/mol. The maximum Gasteiger partial charge on any atom is 0.254 e. The molecule has 1 aliphatic rings. The number of nitrogens with zero attached hydrogens (tertiary/aromatic N) is 1. The lowest BCUT2D eigenvalue weighted by molar-refractivity contribution is -0.118. The highest BCUT2D eigenvalue weighted by atomic mass is 35.5. The molecular weight excluding hydrogens is 505 g/mol. The smallest absolute Gasteiger partial charge is 0.254 e. The number of hydrogen-bond donors (Lipinski definition) is 1. The van der Waals surface area contributed by atoms with Crippen LogP contribution in [-0.2, 0) is 21.4 Å². The molecule has 1 aliphatic carbocycles. The molecule has 0 aliphatic heterocycles. The van der Waals surface area contributed by atoms with Crippen molar-refractivity contribution in [1.29, 1.82) is 0 Å². The molecule has 1 N–H and O–H groups in total. The summed E-state index contributed by atoms with van der Waals surface area (Å²) in [5.41, 5.74) is -0.985. The van der Waals surface area contributed by atoms with Crippen LogP contribution in [0.3, 0.4) is 0 Å². The number of halogens is 4. The molecule has 1 saturated carbocycles. The van der Waals surface area contributed by atoms with Crippen LogP contribution in [-0.4, -0.2) is 42.7 Å². The minimum atomic E-state index is -4.30. The predicted molar refractivity (Wildman–Crippen MR) is 125 cm³/mol. The Kier molecular flexibility index (Phi) is 8.61. The van der Waals surface area contributed by atoms with Gasteiger partial charge in [0.2, 0.25) is 10.0 Å². The second kappa shape index (κ2) is 11.1. The summed E-state index contributed by atoms with van der Waals surface area (Å²) in [6.45, 7) is 2.01. The van der Waals surface area contributed by atoms with E-state index >= 15 is 4.39 Å². The Hall–Kier alpha value is -2.43. The van der Waals surface area contributed by atoms with Crippen molar-refractivity contribution in [3.8, 4) is 0 Å². The summed E-state index contributed by atoms with van der Waals surface area (Å²) in [4.78, 5) is 23.5. The van der Waals surface area contributed by atoms with Crippen LogP contribution in [0.15, 0.2) is 41.3 Å². The van der Waals surface area contributed by atoms with Crippen molar-refractivity contribution in [3.05, 3.63) is 64.2 Å². The maximum absolute atomic E-state index is 15.0. The quantitative estimate of drug-likeness (QED) is 0.531. The first-order valence-corrected chi connectivity index (χ1v) is 12.9. The second-order valence-corrected chi connectivity index (χ2v) is 10.9. The van der Waals surface area contributed by atoms with Crippen LogP contribution in [0.4, 0.5) is 13.2 Å². The van der Waals surface area contributed by atoms with E-state index in [2.05, 4.69) is 5.32 Å². The summed E-state index contributed by atoms with van der Waals surface area (Å²) in [5.74, 6) is -4.26. The molecule has 0 radical (unpaired) electrons. The summed E-state index contributed by atoms with van der Waals surface area (Å²) in [7, 11) is -4.30. The summed E-state index contributed by atoms with van der Waals surface area (Å²) in [6.07, 6.45) is 0.0835. The molecule has 2 aromatic rings. The van der Waals surface area contributed by atoms with E-state index in [4.69, 9.17) is 11.6 Å². The molecule has 0 bridgehead atoms. The molecule has 190 valence electrons. The van der Waals surface area contributed by atoms with Gasteiger partial charge in [-0.2, -0.15) is 4.31 Å². The number of ketones is 1. The number of nitrogens with one attached hydrogen (secondary N) is 1. The number of hydrogen-bond acceptors (Lipinski definition) is 4. The number of benzene rings is 2. The Morgan fingerprint density at radius 3 is 2.31 bits per heavy atom. The van der Waals surface area contributed by atoms with Gasteiger partial charge in [0.25, 0.3) is 5.91 Å². The van der Waals surface area contributed by atoms with Crippen molar-refractivity contribution in [2.24, 2.45) is 0 Å². The number of carbonyl (C=O) groups is 2. The fourth-order valence-electron chi connectivity index (χ4n) is 3.94. The zero-order valence-electron chi connectivity index (χ0n) is 19.2. The Labute approximate surface area is 207 Å². The summed E-state index contributed by atoms with van der Waals surface area (Å²) < 4.78 is 72.5. The van der Waals surface area contributed by atoms with Gasteiger partial charge in [-0.15, -0.1) is 0 Å². The molecule has 11 heteroatoms. The average Bonchev–Trinajstić information content (AvgIpc) is 2.80. The number of sulfonamides is 1. The van der Waals surface area contributed by atoms with Crippen molar-refractivity contribution >= 4 is 33.3 Å². The Balaban J connectivity index is 1.98. The molecule has 0 saturated heterocycles. The SMILES string of the molecule is CC(=O)C(C)NC(=O)c1ccc(CN(C2CCCCC2F)S(=O)(=O)c2ccc(Cl)cc2)c(F)c1F. The largest absolute Gasteiger partial charge is 0.342 e. The van der Waals surface area contributed by atoms with Gasteiger partial charge in [-0.1, -0.05) is 30.5 Å². The van der Waals surface area contributed by atoms with Gasteiger partial charge in [-0.05, 0) is 57.0 Å². The van der Waals surface area contributed by atoms with Crippen LogP contribution in [0.25, 0.3) is 0 Å². The highest BCUT2D eigenvalue weighted by molar-refractivity contribution is 7.89. The van der Waals surface area contributed by atoms with Crippen LogP contribution in [0.5, 0.6) is 0 Å². The third-order valence-corrected chi connectivity index (χ3v) is 8.27. The molecule has 1 fully saturated rings. The second-order valence-electron chi connectivity index (χ2n) is 8.58.